The number of anilines is 1. The summed E-state index contributed by atoms with van der Waals surface area (Å²) in [5.41, 5.74) is 3.79. The standard InChI is InChI=1S/C20H21NO2S/c1-14-11-15(2)20(16(3)12-14)21(4)24(22,23)19-10-9-17-7-5-6-8-18(17)13-19/h5-13H,1-4H3. The minimum atomic E-state index is -3.61. The van der Waals surface area contributed by atoms with Gasteiger partial charge in [-0.2, -0.15) is 0 Å². The van der Waals surface area contributed by atoms with Crippen LogP contribution in [0.2, 0.25) is 0 Å². The number of hydrogen-bond acceptors (Lipinski definition) is 2. The summed E-state index contributed by atoms with van der Waals surface area (Å²) in [4.78, 5) is 0.308. The van der Waals surface area contributed by atoms with Gasteiger partial charge in [0.1, 0.15) is 0 Å². The number of rotatable bonds is 3. The fourth-order valence-electron chi connectivity index (χ4n) is 3.28. The molecule has 0 spiro atoms. The lowest BCUT2D eigenvalue weighted by Gasteiger charge is -2.24. The third-order valence-corrected chi connectivity index (χ3v) is 6.08. The van der Waals surface area contributed by atoms with E-state index in [0.29, 0.717) is 4.90 Å². The zero-order valence-corrected chi connectivity index (χ0v) is 15.2. The highest BCUT2D eigenvalue weighted by Crippen LogP contribution is 2.30. The topological polar surface area (TPSA) is 37.4 Å². The minimum Gasteiger partial charge on any atom is -0.269 e. The van der Waals surface area contributed by atoms with Crippen molar-refractivity contribution in [2.75, 3.05) is 11.4 Å². The number of hydrogen-bond donors (Lipinski definition) is 0. The lowest BCUT2D eigenvalue weighted by molar-refractivity contribution is 0.594. The van der Waals surface area contributed by atoms with E-state index in [2.05, 4.69) is 0 Å². The number of fused-ring (bicyclic) bond motifs is 1. The fourth-order valence-corrected chi connectivity index (χ4v) is 4.64. The van der Waals surface area contributed by atoms with Crippen molar-refractivity contribution in [3.05, 3.63) is 71.3 Å². The Kier molecular flexibility index (Phi) is 4.10. The Hall–Kier alpha value is -2.33. The average molecular weight is 339 g/mol. The maximum atomic E-state index is 13.1. The SMILES string of the molecule is Cc1cc(C)c(N(C)S(=O)(=O)c2ccc3ccccc3c2)c(C)c1. The van der Waals surface area contributed by atoms with Crippen molar-refractivity contribution in [2.24, 2.45) is 0 Å². The molecule has 0 heterocycles. The van der Waals surface area contributed by atoms with Crippen LogP contribution in [-0.2, 0) is 10.0 Å². The molecular formula is C20H21NO2S. The van der Waals surface area contributed by atoms with E-state index in [4.69, 9.17) is 0 Å². The average Bonchev–Trinajstić information content (AvgIpc) is 2.53. The van der Waals surface area contributed by atoms with Crippen LogP contribution >= 0.6 is 0 Å². The van der Waals surface area contributed by atoms with Gasteiger partial charge >= 0.3 is 0 Å². The maximum Gasteiger partial charge on any atom is 0.264 e. The first kappa shape index (κ1) is 16.5. The van der Waals surface area contributed by atoms with Crippen LogP contribution in [0.5, 0.6) is 0 Å². The molecule has 0 aliphatic rings. The smallest absolute Gasteiger partial charge is 0.264 e. The Labute approximate surface area is 143 Å². The van der Waals surface area contributed by atoms with Crippen molar-refractivity contribution in [1.29, 1.82) is 0 Å². The first-order valence-corrected chi connectivity index (χ1v) is 9.30. The molecule has 0 unspecified atom stereocenters. The highest BCUT2D eigenvalue weighted by molar-refractivity contribution is 7.92. The minimum absolute atomic E-state index is 0.308. The van der Waals surface area contributed by atoms with Gasteiger partial charge in [-0.3, -0.25) is 4.31 Å². The normalized spacial score (nSPS) is 11.7. The second-order valence-electron chi connectivity index (χ2n) is 6.23. The Morgan fingerprint density at radius 1 is 0.792 bits per heavy atom. The lowest BCUT2D eigenvalue weighted by atomic mass is 10.1. The molecule has 3 aromatic rings. The summed E-state index contributed by atoms with van der Waals surface area (Å²) < 4.78 is 27.6. The van der Waals surface area contributed by atoms with Crippen LogP contribution in [0.1, 0.15) is 16.7 Å². The van der Waals surface area contributed by atoms with Gasteiger partial charge in [0.25, 0.3) is 10.0 Å². The molecule has 24 heavy (non-hydrogen) atoms. The molecule has 0 radical (unpaired) electrons. The van der Waals surface area contributed by atoms with E-state index in [-0.39, 0.29) is 0 Å². The molecule has 0 atom stereocenters. The van der Waals surface area contributed by atoms with Crippen LogP contribution < -0.4 is 4.31 Å². The summed E-state index contributed by atoms with van der Waals surface area (Å²) in [6.45, 7) is 5.91. The van der Waals surface area contributed by atoms with Crippen LogP contribution in [0.3, 0.4) is 0 Å². The Bertz CT molecular complexity index is 1000. The molecule has 0 fully saturated rings. The first-order chi connectivity index (χ1) is 11.3. The van der Waals surface area contributed by atoms with Gasteiger partial charge in [0.2, 0.25) is 0 Å². The molecule has 0 saturated heterocycles. The largest absolute Gasteiger partial charge is 0.269 e. The molecular weight excluding hydrogens is 318 g/mol. The summed E-state index contributed by atoms with van der Waals surface area (Å²) >= 11 is 0. The predicted molar refractivity (Wildman–Crippen MR) is 100 cm³/mol. The van der Waals surface area contributed by atoms with E-state index < -0.39 is 10.0 Å². The molecule has 3 aromatic carbocycles. The Morgan fingerprint density at radius 2 is 1.38 bits per heavy atom. The zero-order valence-electron chi connectivity index (χ0n) is 14.4. The highest BCUT2D eigenvalue weighted by atomic mass is 32.2. The van der Waals surface area contributed by atoms with E-state index in [9.17, 15) is 8.42 Å². The highest BCUT2D eigenvalue weighted by Gasteiger charge is 2.24. The van der Waals surface area contributed by atoms with Crippen LogP contribution in [0.15, 0.2) is 59.5 Å². The summed E-state index contributed by atoms with van der Waals surface area (Å²) in [5.74, 6) is 0. The summed E-state index contributed by atoms with van der Waals surface area (Å²) in [7, 11) is -1.99. The van der Waals surface area contributed by atoms with Gasteiger partial charge in [-0.25, -0.2) is 8.42 Å². The van der Waals surface area contributed by atoms with Crippen molar-refractivity contribution in [3.63, 3.8) is 0 Å². The molecule has 0 saturated carbocycles. The van der Waals surface area contributed by atoms with Crippen LogP contribution in [0, 0.1) is 20.8 Å². The van der Waals surface area contributed by atoms with Gasteiger partial charge in [0, 0.05) is 7.05 Å². The molecule has 0 aromatic heterocycles. The van der Waals surface area contributed by atoms with Crippen LogP contribution in [0.4, 0.5) is 5.69 Å². The van der Waals surface area contributed by atoms with E-state index in [1.165, 1.54) is 4.31 Å². The number of nitrogens with zero attached hydrogens (tertiary/aromatic N) is 1. The molecule has 0 aliphatic carbocycles. The van der Waals surface area contributed by atoms with Crippen LogP contribution in [0.25, 0.3) is 10.8 Å². The van der Waals surface area contributed by atoms with E-state index in [1.54, 1.807) is 19.2 Å². The van der Waals surface area contributed by atoms with Gasteiger partial charge in [-0.1, -0.05) is 48.0 Å². The molecule has 124 valence electrons. The third kappa shape index (κ3) is 2.78. The monoisotopic (exact) mass is 339 g/mol. The van der Waals surface area contributed by atoms with Gasteiger partial charge in [-0.15, -0.1) is 0 Å². The van der Waals surface area contributed by atoms with Gasteiger partial charge in [-0.05, 0) is 54.8 Å². The van der Waals surface area contributed by atoms with Crippen molar-refractivity contribution in [1.82, 2.24) is 0 Å². The van der Waals surface area contributed by atoms with Crippen molar-refractivity contribution < 1.29 is 8.42 Å². The van der Waals surface area contributed by atoms with Gasteiger partial charge in [0.05, 0.1) is 10.6 Å². The lowest BCUT2D eigenvalue weighted by Crippen LogP contribution is -2.28. The Balaban J connectivity index is 2.12. The van der Waals surface area contributed by atoms with Crippen molar-refractivity contribution in [2.45, 2.75) is 25.7 Å². The molecule has 0 aliphatic heterocycles. The van der Waals surface area contributed by atoms with E-state index >= 15 is 0 Å². The van der Waals surface area contributed by atoms with Crippen LogP contribution in [-0.4, -0.2) is 15.5 Å². The van der Waals surface area contributed by atoms with E-state index in [1.807, 2.05) is 63.2 Å². The quantitative estimate of drug-likeness (QED) is 0.700. The number of benzene rings is 3. The molecule has 3 rings (SSSR count). The number of sulfonamides is 1. The number of aryl methyl sites for hydroxylation is 3. The summed E-state index contributed by atoms with van der Waals surface area (Å²) in [6.07, 6.45) is 0. The zero-order chi connectivity index (χ0) is 17.5. The summed E-state index contributed by atoms with van der Waals surface area (Å²) in [5, 5.41) is 1.95. The van der Waals surface area contributed by atoms with Gasteiger partial charge < -0.3 is 0 Å². The van der Waals surface area contributed by atoms with Gasteiger partial charge in [0.15, 0.2) is 0 Å². The second kappa shape index (κ2) is 5.95. The van der Waals surface area contributed by atoms with E-state index in [0.717, 1.165) is 33.2 Å². The third-order valence-electron chi connectivity index (χ3n) is 4.33. The maximum absolute atomic E-state index is 13.1. The first-order valence-electron chi connectivity index (χ1n) is 7.86. The Morgan fingerprint density at radius 3 is 2.00 bits per heavy atom. The summed E-state index contributed by atoms with van der Waals surface area (Å²) in [6, 6.07) is 17.0. The fraction of sp³-hybridized carbons (Fsp3) is 0.200. The molecule has 0 amide bonds. The van der Waals surface area contributed by atoms with Crippen molar-refractivity contribution in [3.8, 4) is 0 Å². The molecule has 0 bridgehead atoms. The predicted octanol–water partition coefficient (Wildman–Crippen LogP) is 4.59. The molecule has 4 heteroatoms. The molecule has 3 nitrogen and oxygen atoms in total. The second-order valence-corrected chi connectivity index (χ2v) is 8.20. The van der Waals surface area contributed by atoms with Crippen molar-refractivity contribution >= 4 is 26.5 Å². The molecule has 0 N–H and O–H groups in total.